The van der Waals surface area contributed by atoms with Crippen LogP contribution in [0.2, 0.25) is 0 Å². The molecule has 0 aromatic carbocycles. The highest BCUT2D eigenvalue weighted by Crippen LogP contribution is 2.04. The molecule has 0 spiro atoms. The van der Waals surface area contributed by atoms with Crippen LogP contribution in [-0.2, 0) is 6.42 Å². The van der Waals surface area contributed by atoms with Crippen LogP contribution in [0.15, 0.2) is 30.9 Å². The maximum Gasteiger partial charge on any atom is 0.171 e. The predicted molar refractivity (Wildman–Crippen MR) is 53.1 cm³/mol. The van der Waals surface area contributed by atoms with Crippen LogP contribution in [0.25, 0.3) is 5.82 Å². The Morgan fingerprint density at radius 2 is 2.29 bits per heavy atom. The molecule has 0 aliphatic heterocycles. The Kier molecular flexibility index (Phi) is 2.53. The van der Waals surface area contributed by atoms with Crippen LogP contribution in [0.3, 0.4) is 0 Å². The number of aromatic nitrogens is 4. The first-order chi connectivity index (χ1) is 6.90. The van der Waals surface area contributed by atoms with E-state index in [0.29, 0.717) is 0 Å². The van der Waals surface area contributed by atoms with Crippen LogP contribution in [0, 0.1) is 0 Å². The van der Waals surface area contributed by atoms with Crippen molar-refractivity contribution in [3.8, 4) is 5.82 Å². The monoisotopic (exact) mass is 188 g/mol. The molecule has 0 amide bonds. The van der Waals surface area contributed by atoms with Crippen LogP contribution in [0.5, 0.6) is 0 Å². The fourth-order valence-electron chi connectivity index (χ4n) is 1.29. The first-order valence-electron chi connectivity index (χ1n) is 4.71. The van der Waals surface area contributed by atoms with Gasteiger partial charge < -0.3 is 0 Å². The fraction of sp³-hybridized carbons (Fsp3) is 0.300. The smallest absolute Gasteiger partial charge is 0.171 e. The van der Waals surface area contributed by atoms with Gasteiger partial charge in [-0.15, -0.1) is 0 Å². The SMILES string of the molecule is CCCc1ccn(-c2cnccn2)n1. The third-order valence-electron chi connectivity index (χ3n) is 1.93. The van der Waals surface area contributed by atoms with Gasteiger partial charge in [-0.2, -0.15) is 5.10 Å². The van der Waals surface area contributed by atoms with Gasteiger partial charge in [0.05, 0.1) is 11.9 Å². The van der Waals surface area contributed by atoms with Crippen LogP contribution in [-0.4, -0.2) is 19.7 Å². The van der Waals surface area contributed by atoms with E-state index < -0.39 is 0 Å². The van der Waals surface area contributed by atoms with Crippen molar-refractivity contribution in [1.82, 2.24) is 19.7 Å². The van der Waals surface area contributed by atoms with Crippen molar-refractivity contribution in [1.29, 1.82) is 0 Å². The van der Waals surface area contributed by atoms with Crippen LogP contribution < -0.4 is 0 Å². The summed E-state index contributed by atoms with van der Waals surface area (Å²) in [5, 5.41) is 4.38. The first-order valence-corrected chi connectivity index (χ1v) is 4.71. The molecule has 2 aromatic heterocycles. The summed E-state index contributed by atoms with van der Waals surface area (Å²) < 4.78 is 1.75. The molecular formula is C10H12N4. The average Bonchev–Trinajstić information content (AvgIpc) is 2.68. The van der Waals surface area contributed by atoms with E-state index >= 15 is 0 Å². The van der Waals surface area contributed by atoms with Crippen molar-refractivity contribution >= 4 is 0 Å². The van der Waals surface area contributed by atoms with Gasteiger partial charge in [0.25, 0.3) is 0 Å². The highest BCUT2D eigenvalue weighted by Gasteiger charge is 2.00. The zero-order chi connectivity index (χ0) is 9.80. The fourth-order valence-corrected chi connectivity index (χ4v) is 1.29. The minimum atomic E-state index is 0.759. The molecule has 14 heavy (non-hydrogen) atoms. The van der Waals surface area contributed by atoms with Gasteiger partial charge in [-0.05, 0) is 12.5 Å². The normalized spacial score (nSPS) is 10.4. The summed E-state index contributed by atoms with van der Waals surface area (Å²) in [6.45, 7) is 2.14. The van der Waals surface area contributed by atoms with E-state index in [2.05, 4.69) is 22.0 Å². The van der Waals surface area contributed by atoms with Gasteiger partial charge >= 0.3 is 0 Å². The second kappa shape index (κ2) is 4.00. The largest absolute Gasteiger partial charge is 0.259 e. The van der Waals surface area contributed by atoms with E-state index in [9.17, 15) is 0 Å². The molecule has 4 heteroatoms. The topological polar surface area (TPSA) is 43.6 Å². The van der Waals surface area contributed by atoms with E-state index in [1.807, 2.05) is 12.3 Å². The third kappa shape index (κ3) is 1.79. The molecule has 72 valence electrons. The Bertz CT molecular complexity index is 394. The number of nitrogens with zero attached hydrogens (tertiary/aromatic N) is 4. The molecule has 4 nitrogen and oxygen atoms in total. The number of rotatable bonds is 3. The van der Waals surface area contributed by atoms with Gasteiger partial charge in [0.2, 0.25) is 0 Å². The molecule has 0 N–H and O–H groups in total. The lowest BCUT2D eigenvalue weighted by atomic mass is 10.3. The van der Waals surface area contributed by atoms with Crippen molar-refractivity contribution in [3.05, 3.63) is 36.5 Å². The van der Waals surface area contributed by atoms with Gasteiger partial charge in [0.15, 0.2) is 5.82 Å². The van der Waals surface area contributed by atoms with Crippen molar-refractivity contribution in [2.75, 3.05) is 0 Å². The Balaban J connectivity index is 2.25. The summed E-state index contributed by atoms with van der Waals surface area (Å²) >= 11 is 0. The Morgan fingerprint density at radius 3 is 3.00 bits per heavy atom. The number of hydrogen-bond donors (Lipinski definition) is 0. The molecule has 0 fully saturated rings. The second-order valence-corrected chi connectivity index (χ2v) is 3.07. The molecule has 2 rings (SSSR count). The molecule has 0 aliphatic rings. The van der Waals surface area contributed by atoms with E-state index in [0.717, 1.165) is 24.4 Å². The van der Waals surface area contributed by atoms with Gasteiger partial charge in [-0.3, -0.25) is 4.98 Å². The maximum absolute atomic E-state index is 4.38. The average molecular weight is 188 g/mol. The summed E-state index contributed by atoms with van der Waals surface area (Å²) in [5.74, 6) is 0.759. The molecule has 0 radical (unpaired) electrons. The molecule has 0 unspecified atom stereocenters. The summed E-state index contributed by atoms with van der Waals surface area (Å²) in [5.41, 5.74) is 1.10. The lowest BCUT2D eigenvalue weighted by Crippen LogP contribution is -1.99. The van der Waals surface area contributed by atoms with E-state index in [-0.39, 0.29) is 0 Å². The van der Waals surface area contributed by atoms with E-state index in [4.69, 9.17) is 0 Å². The van der Waals surface area contributed by atoms with Gasteiger partial charge in [-0.25, -0.2) is 9.67 Å². The first kappa shape index (κ1) is 8.87. The molecule has 0 saturated carbocycles. The molecular weight excluding hydrogens is 176 g/mol. The van der Waals surface area contributed by atoms with Gasteiger partial charge in [-0.1, -0.05) is 13.3 Å². The summed E-state index contributed by atoms with van der Waals surface area (Å²) in [7, 11) is 0. The predicted octanol–water partition coefficient (Wildman–Crippen LogP) is 1.61. The van der Waals surface area contributed by atoms with Crippen LogP contribution in [0.1, 0.15) is 19.0 Å². The minimum absolute atomic E-state index is 0.759. The molecule has 0 bridgehead atoms. The Morgan fingerprint density at radius 1 is 1.36 bits per heavy atom. The Hall–Kier alpha value is -1.71. The zero-order valence-electron chi connectivity index (χ0n) is 8.09. The zero-order valence-corrected chi connectivity index (χ0v) is 8.09. The van der Waals surface area contributed by atoms with E-state index in [1.54, 1.807) is 23.3 Å². The van der Waals surface area contributed by atoms with E-state index in [1.165, 1.54) is 0 Å². The Labute approximate surface area is 82.6 Å². The van der Waals surface area contributed by atoms with Gasteiger partial charge in [0.1, 0.15) is 0 Å². The molecule has 0 atom stereocenters. The highest BCUT2D eigenvalue weighted by atomic mass is 15.3. The number of hydrogen-bond acceptors (Lipinski definition) is 3. The van der Waals surface area contributed by atoms with Crippen molar-refractivity contribution in [2.45, 2.75) is 19.8 Å². The van der Waals surface area contributed by atoms with Crippen molar-refractivity contribution in [2.24, 2.45) is 0 Å². The highest BCUT2D eigenvalue weighted by molar-refractivity contribution is 5.16. The lowest BCUT2D eigenvalue weighted by molar-refractivity contribution is 0.786. The quantitative estimate of drug-likeness (QED) is 0.735. The van der Waals surface area contributed by atoms with Crippen molar-refractivity contribution in [3.63, 3.8) is 0 Å². The lowest BCUT2D eigenvalue weighted by Gasteiger charge is -1.97. The summed E-state index contributed by atoms with van der Waals surface area (Å²) in [4.78, 5) is 8.15. The summed E-state index contributed by atoms with van der Waals surface area (Å²) in [6.07, 6.45) is 9.04. The third-order valence-corrected chi connectivity index (χ3v) is 1.93. The maximum atomic E-state index is 4.38. The number of aryl methyl sites for hydroxylation is 1. The van der Waals surface area contributed by atoms with Crippen LogP contribution in [0.4, 0.5) is 0 Å². The van der Waals surface area contributed by atoms with Crippen LogP contribution >= 0.6 is 0 Å². The summed E-state index contributed by atoms with van der Waals surface area (Å²) in [6, 6.07) is 2.01. The molecule has 2 aromatic rings. The molecule has 0 aliphatic carbocycles. The molecule has 2 heterocycles. The minimum Gasteiger partial charge on any atom is -0.259 e. The molecule has 0 saturated heterocycles. The van der Waals surface area contributed by atoms with Gasteiger partial charge in [0, 0.05) is 18.6 Å². The van der Waals surface area contributed by atoms with Crippen molar-refractivity contribution < 1.29 is 0 Å². The standard InChI is InChI=1S/C10H12N4/c1-2-3-9-4-7-14(13-9)10-8-11-5-6-12-10/h4-8H,2-3H2,1H3. The second-order valence-electron chi connectivity index (χ2n) is 3.07.